The van der Waals surface area contributed by atoms with Crippen LogP contribution in [0, 0.1) is 0 Å². The van der Waals surface area contributed by atoms with Crippen LogP contribution in [0.2, 0.25) is 5.02 Å². The molecule has 1 unspecified atom stereocenters. The van der Waals surface area contributed by atoms with Crippen molar-refractivity contribution in [3.05, 3.63) is 64.7 Å². The number of amides is 3. The zero-order valence-electron chi connectivity index (χ0n) is 14.8. The van der Waals surface area contributed by atoms with E-state index in [4.69, 9.17) is 11.6 Å². The van der Waals surface area contributed by atoms with E-state index in [1.165, 1.54) is 0 Å². The first kappa shape index (κ1) is 17.8. The molecule has 4 rings (SSSR count). The number of anilines is 1. The van der Waals surface area contributed by atoms with Crippen LogP contribution in [0.1, 0.15) is 15.9 Å². The minimum Gasteiger partial charge on any atom is -0.336 e. The van der Waals surface area contributed by atoms with E-state index in [-0.39, 0.29) is 18.0 Å². The third-order valence-corrected chi connectivity index (χ3v) is 5.27. The van der Waals surface area contributed by atoms with Gasteiger partial charge in [0.2, 0.25) is 0 Å². The average molecular weight is 385 g/mol. The molecule has 7 heteroatoms. The Hall–Kier alpha value is -2.57. The minimum atomic E-state index is -0.159. The van der Waals surface area contributed by atoms with E-state index in [0.29, 0.717) is 17.1 Å². The smallest absolute Gasteiger partial charge is 0.317 e. The molecule has 0 spiro atoms. The van der Waals surface area contributed by atoms with E-state index in [1.807, 2.05) is 23.1 Å². The predicted octanol–water partition coefficient (Wildman–Crippen LogP) is 2.80. The van der Waals surface area contributed by atoms with Gasteiger partial charge in [0.15, 0.2) is 0 Å². The zero-order chi connectivity index (χ0) is 18.8. The Bertz CT molecular complexity index is 855. The molecule has 140 valence electrons. The first-order chi connectivity index (χ1) is 13.1. The number of fused-ring (bicyclic) bond motifs is 1. The molecular weight excluding hydrogens is 364 g/mol. The third-order valence-electron chi connectivity index (χ3n) is 5.01. The van der Waals surface area contributed by atoms with Crippen LogP contribution in [0.5, 0.6) is 0 Å². The van der Waals surface area contributed by atoms with E-state index < -0.39 is 0 Å². The Balaban J connectivity index is 1.38. The van der Waals surface area contributed by atoms with Gasteiger partial charge in [0.05, 0.1) is 6.04 Å². The van der Waals surface area contributed by atoms with Gasteiger partial charge < -0.3 is 15.5 Å². The lowest BCUT2D eigenvalue weighted by Gasteiger charge is -2.36. The maximum absolute atomic E-state index is 12.4. The fourth-order valence-electron chi connectivity index (χ4n) is 3.62. The van der Waals surface area contributed by atoms with E-state index >= 15 is 0 Å². The van der Waals surface area contributed by atoms with E-state index in [9.17, 15) is 9.59 Å². The number of carbonyl (C=O) groups is 2. The summed E-state index contributed by atoms with van der Waals surface area (Å²) in [4.78, 5) is 28.3. The second kappa shape index (κ2) is 7.58. The highest BCUT2D eigenvalue weighted by molar-refractivity contribution is 6.30. The number of carbonyl (C=O) groups excluding carboxylic acids is 2. The Labute approximate surface area is 163 Å². The number of nitrogens with zero attached hydrogens (tertiary/aromatic N) is 2. The lowest BCUT2D eigenvalue weighted by Crippen LogP contribution is -2.51. The molecule has 2 N–H and O–H groups in total. The maximum atomic E-state index is 12.4. The van der Waals surface area contributed by atoms with Crippen LogP contribution >= 0.6 is 11.6 Å². The normalized spacial score (nSPS) is 19.5. The van der Waals surface area contributed by atoms with Crippen LogP contribution in [0.25, 0.3) is 0 Å². The summed E-state index contributed by atoms with van der Waals surface area (Å²) < 4.78 is 0. The van der Waals surface area contributed by atoms with Gasteiger partial charge in [-0.3, -0.25) is 9.69 Å². The van der Waals surface area contributed by atoms with Gasteiger partial charge in [-0.1, -0.05) is 23.7 Å². The van der Waals surface area contributed by atoms with Crippen molar-refractivity contribution in [3.8, 4) is 0 Å². The van der Waals surface area contributed by atoms with Crippen LogP contribution in [-0.2, 0) is 6.54 Å². The molecule has 0 bridgehead atoms. The van der Waals surface area contributed by atoms with Gasteiger partial charge in [0.25, 0.3) is 5.91 Å². The number of urea groups is 1. The second-order valence-electron chi connectivity index (χ2n) is 6.93. The van der Waals surface area contributed by atoms with Gasteiger partial charge in [-0.15, -0.1) is 0 Å². The number of piperazine rings is 1. The largest absolute Gasteiger partial charge is 0.336 e. The molecule has 2 saturated heterocycles. The monoisotopic (exact) mass is 384 g/mol. The summed E-state index contributed by atoms with van der Waals surface area (Å²) in [6.45, 7) is 3.98. The molecule has 2 aromatic rings. The summed E-state index contributed by atoms with van der Waals surface area (Å²) >= 11 is 5.87. The molecule has 2 fully saturated rings. The summed E-state index contributed by atoms with van der Waals surface area (Å²) in [5.41, 5.74) is 2.47. The SMILES string of the molecule is O=C(Nc1cccc(CN2CCN3C(=O)NCC3C2)c1)c1ccc(Cl)cc1. The van der Waals surface area contributed by atoms with Crippen LogP contribution < -0.4 is 10.6 Å². The van der Waals surface area contributed by atoms with Crippen molar-refractivity contribution in [1.29, 1.82) is 0 Å². The Kier molecular flexibility index (Phi) is 5.01. The number of hydrogen-bond acceptors (Lipinski definition) is 3. The van der Waals surface area contributed by atoms with Gasteiger partial charge >= 0.3 is 6.03 Å². The molecule has 6 nitrogen and oxygen atoms in total. The number of benzene rings is 2. The number of rotatable bonds is 4. The molecule has 0 radical (unpaired) electrons. The molecule has 0 aromatic heterocycles. The van der Waals surface area contributed by atoms with E-state index in [1.54, 1.807) is 24.3 Å². The van der Waals surface area contributed by atoms with E-state index in [0.717, 1.165) is 37.4 Å². The standard InChI is InChI=1S/C20H21ClN4O2/c21-16-6-4-15(5-7-16)19(26)23-17-3-1-2-14(10-17)12-24-8-9-25-18(13-24)11-22-20(25)27/h1-7,10,18H,8-9,11-13H2,(H,22,27)(H,23,26). The highest BCUT2D eigenvalue weighted by Gasteiger charge is 2.35. The summed E-state index contributed by atoms with van der Waals surface area (Å²) in [7, 11) is 0. The number of halogens is 1. The predicted molar refractivity (Wildman–Crippen MR) is 105 cm³/mol. The van der Waals surface area contributed by atoms with Crippen molar-refractivity contribution < 1.29 is 9.59 Å². The molecule has 2 aromatic carbocycles. The molecular formula is C20H21ClN4O2. The third kappa shape index (κ3) is 4.07. The Morgan fingerprint density at radius 2 is 2.00 bits per heavy atom. The second-order valence-corrected chi connectivity index (χ2v) is 7.37. The van der Waals surface area contributed by atoms with Crippen molar-refractivity contribution in [2.45, 2.75) is 12.6 Å². The maximum Gasteiger partial charge on any atom is 0.317 e. The van der Waals surface area contributed by atoms with Crippen molar-refractivity contribution in [3.63, 3.8) is 0 Å². The quantitative estimate of drug-likeness (QED) is 0.852. The molecule has 2 aliphatic heterocycles. The van der Waals surface area contributed by atoms with Crippen molar-refractivity contribution in [2.24, 2.45) is 0 Å². The molecule has 0 saturated carbocycles. The average Bonchev–Trinajstić information content (AvgIpc) is 3.03. The molecule has 0 aliphatic carbocycles. The summed E-state index contributed by atoms with van der Waals surface area (Å²) in [5.74, 6) is -0.159. The van der Waals surface area contributed by atoms with Gasteiger partial charge in [0.1, 0.15) is 0 Å². The number of hydrogen-bond donors (Lipinski definition) is 2. The fourth-order valence-corrected chi connectivity index (χ4v) is 3.75. The van der Waals surface area contributed by atoms with Crippen LogP contribution in [0.15, 0.2) is 48.5 Å². The van der Waals surface area contributed by atoms with Crippen LogP contribution in [-0.4, -0.2) is 54.0 Å². The lowest BCUT2D eigenvalue weighted by molar-refractivity contribution is 0.102. The lowest BCUT2D eigenvalue weighted by atomic mass is 10.1. The highest BCUT2D eigenvalue weighted by atomic mass is 35.5. The van der Waals surface area contributed by atoms with Crippen molar-refractivity contribution >= 4 is 29.2 Å². The first-order valence-electron chi connectivity index (χ1n) is 9.01. The summed E-state index contributed by atoms with van der Waals surface area (Å²) in [6, 6.07) is 15.0. The first-order valence-corrected chi connectivity index (χ1v) is 9.39. The number of nitrogens with one attached hydrogen (secondary N) is 2. The highest BCUT2D eigenvalue weighted by Crippen LogP contribution is 2.19. The molecule has 2 aliphatic rings. The van der Waals surface area contributed by atoms with Gasteiger partial charge in [-0.2, -0.15) is 0 Å². The van der Waals surface area contributed by atoms with Crippen molar-refractivity contribution in [2.75, 3.05) is 31.5 Å². The Morgan fingerprint density at radius 3 is 2.81 bits per heavy atom. The molecule has 1 atom stereocenters. The topological polar surface area (TPSA) is 64.7 Å². The molecule has 27 heavy (non-hydrogen) atoms. The minimum absolute atomic E-state index is 0.0477. The summed E-state index contributed by atoms with van der Waals surface area (Å²) in [5, 5.41) is 6.44. The van der Waals surface area contributed by atoms with Crippen molar-refractivity contribution in [1.82, 2.24) is 15.1 Å². The van der Waals surface area contributed by atoms with Crippen LogP contribution in [0.3, 0.4) is 0 Å². The molecule has 2 heterocycles. The van der Waals surface area contributed by atoms with Gasteiger partial charge in [-0.25, -0.2) is 4.79 Å². The Morgan fingerprint density at radius 1 is 1.19 bits per heavy atom. The van der Waals surface area contributed by atoms with E-state index in [2.05, 4.69) is 21.6 Å². The van der Waals surface area contributed by atoms with Crippen LogP contribution in [0.4, 0.5) is 10.5 Å². The molecule has 3 amide bonds. The fraction of sp³-hybridized carbons (Fsp3) is 0.300. The zero-order valence-corrected chi connectivity index (χ0v) is 15.6. The summed E-state index contributed by atoms with van der Waals surface area (Å²) in [6.07, 6.45) is 0. The van der Waals surface area contributed by atoms with Gasteiger partial charge in [-0.05, 0) is 42.0 Å². The van der Waals surface area contributed by atoms with Gasteiger partial charge in [0, 0.05) is 49.0 Å².